The van der Waals surface area contributed by atoms with E-state index in [1.165, 1.54) is 12.0 Å². The Bertz CT molecular complexity index is 312. The molecule has 0 saturated carbocycles. The molecule has 3 N–H and O–H groups in total. The first-order chi connectivity index (χ1) is 7.26. The highest BCUT2D eigenvalue weighted by Crippen LogP contribution is 2.17. The fraction of sp³-hybridized carbons (Fsp3) is 0.500. The number of hydrogen-bond donors (Lipinski definition) is 2. The average molecular weight is 228 g/mol. The lowest BCUT2D eigenvalue weighted by atomic mass is 10.3. The molecular formula is C10H16N2O2S. The summed E-state index contributed by atoms with van der Waals surface area (Å²) in [6, 6.07) is 3.98. The summed E-state index contributed by atoms with van der Waals surface area (Å²) < 4.78 is 4.60. The van der Waals surface area contributed by atoms with Crippen molar-refractivity contribution in [3.63, 3.8) is 0 Å². The van der Waals surface area contributed by atoms with Crippen LogP contribution in [0.5, 0.6) is 0 Å². The van der Waals surface area contributed by atoms with Crippen molar-refractivity contribution in [1.82, 2.24) is 5.32 Å². The molecule has 0 amide bonds. The van der Waals surface area contributed by atoms with E-state index in [9.17, 15) is 4.79 Å². The highest BCUT2D eigenvalue weighted by Gasteiger charge is 2.05. The van der Waals surface area contributed by atoms with Crippen molar-refractivity contribution in [3.8, 4) is 0 Å². The second kappa shape index (κ2) is 6.55. The van der Waals surface area contributed by atoms with Crippen LogP contribution in [0.4, 0.5) is 0 Å². The molecule has 0 aliphatic rings. The summed E-state index contributed by atoms with van der Waals surface area (Å²) in [4.78, 5) is 13.2. The fourth-order valence-electron chi connectivity index (χ4n) is 1.14. The van der Waals surface area contributed by atoms with Crippen LogP contribution < -0.4 is 11.1 Å². The molecule has 1 rings (SSSR count). The first kappa shape index (κ1) is 12.2. The van der Waals surface area contributed by atoms with Gasteiger partial charge in [0.15, 0.2) is 0 Å². The maximum atomic E-state index is 11.0. The SMILES string of the molecule is COC(=O)Cc1ccc(CNCCN)s1. The summed E-state index contributed by atoms with van der Waals surface area (Å²) in [6.45, 7) is 2.26. The van der Waals surface area contributed by atoms with E-state index in [4.69, 9.17) is 5.73 Å². The van der Waals surface area contributed by atoms with Gasteiger partial charge in [0.1, 0.15) is 0 Å². The second-order valence-electron chi connectivity index (χ2n) is 3.09. The van der Waals surface area contributed by atoms with E-state index >= 15 is 0 Å². The van der Waals surface area contributed by atoms with E-state index in [1.807, 2.05) is 12.1 Å². The van der Waals surface area contributed by atoms with Crippen molar-refractivity contribution in [2.45, 2.75) is 13.0 Å². The van der Waals surface area contributed by atoms with Gasteiger partial charge in [-0.3, -0.25) is 4.79 Å². The number of rotatable bonds is 6. The molecule has 5 heteroatoms. The zero-order valence-electron chi connectivity index (χ0n) is 8.79. The summed E-state index contributed by atoms with van der Waals surface area (Å²) >= 11 is 1.62. The van der Waals surface area contributed by atoms with E-state index in [0.29, 0.717) is 13.0 Å². The Morgan fingerprint density at radius 1 is 1.53 bits per heavy atom. The Hall–Kier alpha value is -0.910. The van der Waals surface area contributed by atoms with Crippen LogP contribution in [0.25, 0.3) is 0 Å². The van der Waals surface area contributed by atoms with Gasteiger partial charge in [0.25, 0.3) is 0 Å². The molecule has 1 aromatic heterocycles. The van der Waals surface area contributed by atoms with Gasteiger partial charge in [-0.05, 0) is 12.1 Å². The number of carbonyl (C=O) groups excluding carboxylic acids is 1. The molecule has 0 fully saturated rings. The number of ether oxygens (including phenoxy) is 1. The van der Waals surface area contributed by atoms with Gasteiger partial charge in [0.2, 0.25) is 0 Å². The highest BCUT2D eigenvalue weighted by molar-refractivity contribution is 7.12. The molecule has 1 heterocycles. The fourth-order valence-corrected chi connectivity index (χ4v) is 2.11. The van der Waals surface area contributed by atoms with Gasteiger partial charge in [0.05, 0.1) is 13.5 Å². The minimum Gasteiger partial charge on any atom is -0.469 e. The molecule has 15 heavy (non-hydrogen) atoms. The molecule has 1 aromatic rings. The largest absolute Gasteiger partial charge is 0.469 e. The third-order valence-corrected chi connectivity index (χ3v) is 2.97. The summed E-state index contributed by atoms with van der Waals surface area (Å²) in [7, 11) is 1.40. The maximum Gasteiger partial charge on any atom is 0.310 e. The first-order valence-electron chi connectivity index (χ1n) is 4.81. The number of nitrogens with one attached hydrogen (secondary N) is 1. The van der Waals surface area contributed by atoms with Crippen molar-refractivity contribution in [2.75, 3.05) is 20.2 Å². The summed E-state index contributed by atoms with van der Waals surface area (Å²) in [5.41, 5.74) is 5.36. The average Bonchev–Trinajstić information content (AvgIpc) is 2.66. The van der Waals surface area contributed by atoms with Gasteiger partial charge in [-0.25, -0.2) is 0 Å². The zero-order chi connectivity index (χ0) is 11.1. The molecule has 0 aliphatic carbocycles. The third kappa shape index (κ3) is 4.42. The lowest BCUT2D eigenvalue weighted by Crippen LogP contribution is -2.21. The number of hydrogen-bond acceptors (Lipinski definition) is 5. The number of methoxy groups -OCH3 is 1. The van der Waals surface area contributed by atoms with E-state index in [2.05, 4.69) is 10.1 Å². The molecule has 0 saturated heterocycles. The van der Waals surface area contributed by atoms with E-state index in [-0.39, 0.29) is 5.97 Å². The predicted octanol–water partition coefficient (Wildman–Crippen LogP) is 0.512. The minimum absolute atomic E-state index is 0.196. The van der Waals surface area contributed by atoms with Crippen LogP contribution in [-0.2, 0) is 22.5 Å². The molecule has 84 valence electrons. The number of nitrogens with two attached hydrogens (primary N) is 1. The first-order valence-corrected chi connectivity index (χ1v) is 5.63. The topological polar surface area (TPSA) is 64.3 Å². The van der Waals surface area contributed by atoms with Gasteiger partial charge in [-0.1, -0.05) is 0 Å². The summed E-state index contributed by atoms with van der Waals surface area (Å²) in [5.74, 6) is -0.196. The Kier molecular flexibility index (Phi) is 5.31. The van der Waals surface area contributed by atoms with Gasteiger partial charge >= 0.3 is 5.97 Å². The number of carbonyl (C=O) groups is 1. The molecule has 0 spiro atoms. The minimum atomic E-state index is -0.196. The van der Waals surface area contributed by atoms with Gasteiger partial charge < -0.3 is 15.8 Å². The van der Waals surface area contributed by atoms with E-state index in [0.717, 1.165) is 18.0 Å². The maximum absolute atomic E-state index is 11.0. The zero-order valence-corrected chi connectivity index (χ0v) is 9.60. The smallest absolute Gasteiger partial charge is 0.310 e. The van der Waals surface area contributed by atoms with Crippen LogP contribution in [0.2, 0.25) is 0 Å². The standard InChI is InChI=1S/C10H16N2O2S/c1-14-10(13)6-8-2-3-9(15-8)7-12-5-4-11/h2-3,12H,4-7,11H2,1H3. The van der Waals surface area contributed by atoms with Crippen LogP contribution in [-0.4, -0.2) is 26.2 Å². The number of esters is 1. The van der Waals surface area contributed by atoms with Crippen LogP contribution >= 0.6 is 11.3 Å². The monoisotopic (exact) mass is 228 g/mol. The molecule has 4 nitrogen and oxygen atoms in total. The van der Waals surface area contributed by atoms with Gasteiger partial charge in [0, 0.05) is 29.4 Å². The Labute approximate surface area is 93.4 Å². The Morgan fingerprint density at radius 2 is 2.27 bits per heavy atom. The third-order valence-electron chi connectivity index (χ3n) is 1.88. The highest BCUT2D eigenvalue weighted by atomic mass is 32.1. The van der Waals surface area contributed by atoms with E-state index < -0.39 is 0 Å². The molecule has 0 atom stereocenters. The lowest BCUT2D eigenvalue weighted by molar-refractivity contribution is -0.139. The van der Waals surface area contributed by atoms with Gasteiger partial charge in [-0.15, -0.1) is 11.3 Å². The van der Waals surface area contributed by atoms with Crippen LogP contribution in [0, 0.1) is 0 Å². The van der Waals surface area contributed by atoms with Crippen molar-refractivity contribution in [2.24, 2.45) is 5.73 Å². The molecular weight excluding hydrogens is 212 g/mol. The number of thiophene rings is 1. The molecule has 0 unspecified atom stereocenters. The van der Waals surface area contributed by atoms with Crippen molar-refractivity contribution in [1.29, 1.82) is 0 Å². The molecule has 0 bridgehead atoms. The summed E-state index contributed by atoms with van der Waals surface area (Å²) in [6.07, 6.45) is 0.359. The Balaban J connectivity index is 2.38. The van der Waals surface area contributed by atoms with Crippen LogP contribution in [0.15, 0.2) is 12.1 Å². The van der Waals surface area contributed by atoms with Crippen molar-refractivity contribution in [3.05, 3.63) is 21.9 Å². The van der Waals surface area contributed by atoms with Crippen molar-refractivity contribution < 1.29 is 9.53 Å². The van der Waals surface area contributed by atoms with Crippen LogP contribution in [0.1, 0.15) is 9.75 Å². The van der Waals surface area contributed by atoms with Crippen LogP contribution in [0.3, 0.4) is 0 Å². The second-order valence-corrected chi connectivity index (χ2v) is 4.34. The quantitative estimate of drug-likeness (QED) is 0.550. The molecule has 0 aliphatic heterocycles. The van der Waals surface area contributed by atoms with Gasteiger partial charge in [-0.2, -0.15) is 0 Å². The Morgan fingerprint density at radius 3 is 2.93 bits per heavy atom. The normalized spacial score (nSPS) is 10.3. The predicted molar refractivity (Wildman–Crippen MR) is 60.8 cm³/mol. The summed E-state index contributed by atoms with van der Waals surface area (Å²) in [5, 5.41) is 3.20. The van der Waals surface area contributed by atoms with Crippen molar-refractivity contribution >= 4 is 17.3 Å². The molecule has 0 radical (unpaired) electrons. The molecule has 0 aromatic carbocycles. The van der Waals surface area contributed by atoms with E-state index in [1.54, 1.807) is 11.3 Å². The lowest BCUT2D eigenvalue weighted by Gasteiger charge is -1.99.